The first kappa shape index (κ1) is 22.3. The van der Waals surface area contributed by atoms with E-state index in [4.69, 9.17) is 16.3 Å². The molecule has 0 N–H and O–H groups in total. The van der Waals surface area contributed by atoms with Crippen LogP contribution in [0.4, 0.5) is 0 Å². The van der Waals surface area contributed by atoms with Crippen molar-refractivity contribution in [2.24, 2.45) is 0 Å². The molecule has 1 unspecified atom stereocenters. The van der Waals surface area contributed by atoms with Gasteiger partial charge in [0.2, 0.25) is 0 Å². The van der Waals surface area contributed by atoms with Gasteiger partial charge in [0.1, 0.15) is 10.7 Å². The number of benzene rings is 1. The molecule has 1 aromatic carbocycles. The van der Waals surface area contributed by atoms with Gasteiger partial charge in [0, 0.05) is 13.1 Å². The van der Waals surface area contributed by atoms with Crippen LogP contribution in [0.25, 0.3) is 0 Å². The first-order valence-corrected chi connectivity index (χ1v) is 11.7. The molecule has 1 saturated heterocycles. The summed E-state index contributed by atoms with van der Waals surface area (Å²) in [5.41, 5.74) is 2.63. The summed E-state index contributed by atoms with van der Waals surface area (Å²) in [7, 11) is -1.60. The van der Waals surface area contributed by atoms with Gasteiger partial charge in [-0.2, -0.15) is 5.10 Å². The molecule has 1 aromatic heterocycles. The number of hydrogen-bond donors (Lipinski definition) is 0. The molecule has 0 saturated carbocycles. The number of hydrogen-bond acceptors (Lipinski definition) is 6. The molecule has 30 heavy (non-hydrogen) atoms. The Hall–Kier alpha value is -2.39. The topological polar surface area (TPSA) is 98.6 Å². The molecule has 1 aliphatic heterocycles. The van der Waals surface area contributed by atoms with Crippen LogP contribution in [-0.4, -0.2) is 66.2 Å². The van der Waals surface area contributed by atoms with Crippen molar-refractivity contribution in [1.82, 2.24) is 14.7 Å². The van der Waals surface area contributed by atoms with E-state index in [1.165, 1.54) is 16.6 Å². The lowest BCUT2D eigenvalue weighted by molar-refractivity contribution is -0.134. The summed E-state index contributed by atoms with van der Waals surface area (Å²) < 4.78 is 29.8. The summed E-state index contributed by atoms with van der Waals surface area (Å²) in [6, 6.07) is 7.47. The number of aryl methyl sites for hydroxylation is 2. The fourth-order valence-corrected chi connectivity index (χ4v) is 5.43. The van der Waals surface area contributed by atoms with Gasteiger partial charge in [-0.15, -0.1) is 0 Å². The van der Waals surface area contributed by atoms with Crippen LogP contribution in [0.1, 0.15) is 33.6 Å². The van der Waals surface area contributed by atoms with E-state index in [2.05, 4.69) is 5.10 Å². The zero-order chi connectivity index (χ0) is 22.1. The SMILES string of the molecule is Cc1ccc(Cn2nc(C)c(C(=O)OCC(=O)N(C)C3CCS(=O)(=O)C3)c2Cl)cc1. The van der Waals surface area contributed by atoms with E-state index < -0.39 is 34.4 Å². The number of sulfone groups is 1. The van der Waals surface area contributed by atoms with Crippen molar-refractivity contribution in [3.05, 3.63) is 51.8 Å². The van der Waals surface area contributed by atoms with Gasteiger partial charge < -0.3 is 9.64 Å². The van der Waals surface area contributed by atoms with Crippen LogP contribution in [0.15, 0.2) is 24.3 Å². The Morgan fingerprint density at radius 2 is 1.93 bits per heavy atom. The number of esters is 1. The average Bonchev–Trinajstić information content (AvgIpc) is 3.19. The lowest BCUT2D eigenvalue weighted by Gasteiger charge is -2.23. The van der Waals surface area contributed by atoms with Crippen molar-refractivity contribution in [2.75, 3.05) is 25.2 Å². The largest absolute Gasteiger partial charge is 0.452 e. The normalized spacial score (nSPS) is 17.7. The van der Waals surface area contributed by atoms with Crippen molar-refractivity contribution in [3.63, 3.8) is 0 Å². The second-order valence-electron chi connectivity index (χ2n) is 7.53. The molecule has 0 aliphatic carbocycles. The van der Waals surface area contributed by atoms with Crippen LogP contribution < -0.4 is 0 Å². The first-order valence-electron chi connectivity index (χ1n) is 9.49. The second kappa shape index (κ2) is 8.77. The van der Waals surface area contributed by atoms with Gasteiger partial charge in [-0.3, -0.25) is 4.79 Å². The van der Waals surface area contributed by atoms with Gasteiger partial charge in [0.15, 0.2) is 16.4 Å². The maximum atomic E-state index is 12.5. The molecule has 2 aromatic rings. The Morgan fingerprint density at radius 3 is 2.53 bits per heavy atom. The number of carbonyl (C=O) groups is 2. The van der Waals surface area contributed by atoms with Gasteiger partial charge in [-0.05, 0) is 25.8 Å². The monoisotopic (exact) mass is 453 g/mol. The molecular formula is C20H24ClN3O5S. The summed E-state index contributed by atoms with van der Waals surface area (Å²) in [6.07, 6.45) is 0.384. The van der Waals surface area contributed by atoms with Crippen LogP contribution >= 0.6 is 11.6 Å². The average molecular weight is 454 g/mol. The summed E-state index contributed by atoms with van der Waals surface area (Å²) in [5.74, 6) is -1.22. The minimum absolute atomic E-state index is 0.0596. The molecule has 8 nitrogen and oxygen atoms in total. The Bertz CT molecular complexity index is 1060. The maximum Gasteiger partial charge on any atom is 0.343 e. The number of ether oxygens (including phenoxy) is 1. The number of carbonyl (C=O) groups excluding carboxylic acids is 2. The standard InChI is InChI=1S/C20H24ClN3O5S/c1-13-4-6-15(7-5-13)10-24-19(21)18(14(2)22-24)20(26)29-11-17(25)23(3)16-8-9-30(27,28)12-16/h4-7,16H,8-12H2,1-3H3. The van der Waals surface area contributed by atoms with E-state index in [9.17, 15) is 18.0 Å². The van der Waals surface area contributed by atoms with Crippen LogP contribution in [0.3, 0.4) is 0 Å². The quantitative estimate of drug-likeness (QED) is 0.620. The molecule has 10 heteroatoms. The lowest BCUT2D eigenvalue weighted by Crippen LogP contribution is -2.40. The molecule has 1 aliphatic rings. The first-order chi connectivity index (χ1) is 14.1. The number of halogens is 1. The molecule has 3 rings (SSSR count). The fourth-order valence-electron chi connectivity index (χ4n) is 3.34. The number of aromatic nitrogens is 2. The van der Waals surface area contributed by atoms with Gasteiger partial charge in [-0.25, -0.2) is 17.9 Å². The molecule has 162 valence electrons. The third-order valence-corrected chi connectivity index (χ3v) is 7.33. The number of amides is 1. The summed E-state index contributed by atoms with van der Waals surface area (Å²) in [5, 5.41) is 4.45. The molecule has 2 heterocycles. The maximum absolute atomic E-state index is 12.5. The molecular weight excluding hydrogens is 430 g/mol. The third kappa shape index (κ3) is 5.02. The number of rotatable bonds is 6. The summed E-state index contributed by atoms with van der Waals surface area (Å²) in [6.45, 7) is 3.54. The van der Waals surface area contributed by atoms with Gasteiger partial charge in [0.05, 0.1) is 23.7 Å². The molecule has 1 atom stereocenters. The Kier molecular flexibility index (Phi) is 6.52. The van der Waals surface area contributed by atoms with Crippen molar-refractivity contribution in [3.8, 4) is 0 Å². The van der Waals surface area contributed by atoms with Crippen molar-refractivity contribution < 1.29 is 22.7 Å². The zero-order valence-electron chi connectivity index (χ0n) is 17.1. The van der Waals surface area contributed by atoms with Gasteiger partial charge in [-0.1, -0.05) is 41.4 Å². The molecule has 1 fully saturated rings. The minimum atomic E-state index is -3.12. The van der Waals surface area contributed by atoms with Crippen molar-refractivity contribution in [1.29, 1.82) is 0 Å². The van der Waals surface area contributed by atoms with E-state index in [1.807, 2.05) is 31.2 Å². The fraction of sp³-hybridized carbons (Fsp3) is 0.450. The van der Waals surface area contributed by atoms with Gasteiger partial charge in [0.25, 0.3) is 5.91 Å². The zero-order valence-corrected chi connectivity index (χ0v) is 18.7. The third-order valence-electron chi connectivity index (χ3n) is 5.20. The van der Waals surface area contributed by atoms with E-state index >= 15 is 0 Å². The van der Waals surface area contributed by atoms with Crippen LogP contribution in [-0.2, 0) is 25.9 Å². The Morgan fingerprint density at radius 1 is 1.27 bits per heavy atom. The molecule has 0 radical (unpaired) electrons. The van der Waals surface area contributed by atoms with Crippen LogP contribution in [0, 0.1) is 13.8 Å². The van der Waals surface area contributed by atoms with Crippen LogP contribution in [0.2, 0.25) is 5.15 Å². The van der Waals surface area contributed by atoms with Gasteiger partial charge >= 0.3 is 5.97 Å². The van der Waals surface area contributed by atoms with Crippen molar-refractivity contribution >= 4 is 33.3 Å². The van der Waals surface area contributed by atoms with E-state index in [0.717, 1.165) is 11.1 Å². The second-order valence-corrected chi connectivity index (χ2v) is 10.1. The van der Waals surface area contributed by atoms with E-state index in [-0.39, 0.29) is 22.2 Å². The molecule has 0 bridgehead atoms. The predicted octanol–water partition coefficient (Wildman–Crippen LogP) is 2.00. The highest BCUT2D eigenvalue weighted by Crippen LogP contribution is 2.22. The summed E-state index contributed by atoms with van der Waals surface area (Å²) in [4.78, 5) is 26.2. The summed E-state index contributed by atoms with van der Waals surface area (Å²) >= 11 is 6.36. The molecule has 0 spiro atoms. The highest BCUT2D eigenvalue weighted by atomic mass is 35.5. The van der Waals surface area contributed by atoms with Crippen LogP contribution in [0.5, 0.6) is 0 Å². The highest BCUT2D eigenvalue weighted by Gasteiger charge is 2.33. The number of likely N-dealkylation sites (N-methyl/N-ethyl adjacent to an activating group) is 1. The van der Waals surface area contributed by atoms with Crippen molar-refractivity contribution in [2.45, 2.75) is 32.9 Å². The number of nitrogens with zero attached hydrogens (tertiary/aromatic N) is 3. The minimum Gasteiger partial charge on any atom is -0.452 e. The Labute approximate surface area is 180 Å². The van der Waals surface area contributed by atoms with E-state index in [1.54, 1.807) is 6.92 Å². The van der Waals surface area contributed by atoms with E-state index in [0.29, 0.717) is 18.7 Å². The molecule has 1 amide bonds. The Balaban J connectivity index is 1.63. The lowest BCUT2D eigenvalue weighted by atomic mass is 10.1. The smallest absolute Gasteiger partial charge is 0.343 e. The predicted molar refractivity (Wildman–Crippen MR) is 112 cm³/mol. The highest BCUT2D eigenvalue weighted by molar-refractivity contribution is 7.91.